The van der Waals surface area contributed by atoms with E-state index in [2.05, 4.69) is 18.3 Å². The minimum atomic E-state index is -0.760. The van der Waals surface area contributed by atoms with Crippen LogP contribution in [0.3, 0.4) is 0 Å². The Morgan fingerprint density at radius 2 is 1.97 bits per heavy atom. The van der Waals surface area contributed by atoms with Crippen LogP contribution < -0.4 is 10.1 Å². The van der Waals surface area contributed by atoms with Gasteiger partial charge in [-0.15, -0.1) is 11.3 Å². The molecule has 2 aliphatic rings. The molecule has 184 valence electrons. The Hall–Kier alpha value is -3.32. The third kappa shape index (κ3) is 4.91. The Morgan fingerprint density at radius 3 is 2.63 bits per heavy atom. The van der Waals surface area contributed by atoms with Gasteiger partial charge >= 0.3 is 5.97 Å². The maximum Gasteiger partial charge on any atom is 0.348 e. The van der Waals surface area contributed by atoms with Crippen molar-refractivity contribution in [3.05, 3.63) is 80.3 Å². The van der Waals surface area contributed by atoms with Crippen molar-refractivity contribution >= 4 is 28.8 Å². The van der Waals surface area contributed by atoms with Gasteiger partial charge in [0.1, 0.15) is 22.8 Å². The summed E-state index contributed by atoms with van der Waals surface area (Å²) in [5.41, 5.74) is 4.71. The average Bonchev–Trinajstić information content (AvgIpc) is 3.17. The van der Waals surface area contributed by atoms with E-state index in [0.717, 1.165) is 50.7 Å². The average molecular weight is 493 g/mol. The number of methoxy groups -OCH3 is 1. The highest BCUT2D eigenvalue weighted by Crippen LogP contribution is 2.39. The van der Waals surface area contributed by atoms with Crippen molar-refractivity contribution < 1.29 is 19.1 Å². The first-order chi connectivity index (χ1) is 16.6. The number of aryl methyl sites for hydroxylation is 2. The predicted molar refractivity (Wildman–Crippen MR) is 139 cm³/mol. The number of amides is 1. The van der Waals surface area contributed by atoms with E-state index in [1.165, 1.54) is 11.3 Å². The molecule has 7 heteroatoms. The zero-order chi connectivity index (χ0) is 25.3. The van der Waals surface area contributed by atoms with Crippen LogP contribution in [0.15, 0.2) is 59.5 Å². The summed E-state index contributed by atoms with van der Waals surface area (Å²) in [5.74, 6) is 0.300. The Labute approximate surface area is 210 Å². The Bertz CT molecular complexity index is 1270. The number of hydrogen-bond donors (Lipinski definition) is 1. The van der Waals surface area contributed by atoms with Crippen LogP contribution in [-0.2, 0) is 16.0 Å². The Balaban J connectivity index is 1.85. The standard InChI is InChI=1S/C28H32N2O4S/c1-7-18-9-12-24(33-6)21(14-18)20-11-10-19-15-23(30(5)27(32)28(3,4)29-19)22(20)16-34-26(31)25-13-8-17(2)35-25/h8-14,29H,7,15-16H2,1-6H3. The fourth-order valence-corrected chi connectivity index (χ4v) is 5.30. The molecule has 2 bridgehead atoms. The number of carbonyl (C=O) groups excluding carboxylic acids is 2. The molecule has 1 aliphatic carbocycles. The number of allylic oxidation sites excluding steroid dienone is 2. The third-order valence-corrected chi connectivity index (χ3v) is 7.43. The van der Waals surface area contributed by atoms with Gasteiger partial charge < -0.3 is 19.7 Å². The molecule has 6 nitrogen and oxygen atoms in total. The molecule has 1 N–H and O–H groups in total. The number of nitrogens with zero attached hydrogens (tertiary/aromatic N) is 1. The molecular weight excluding hydrogens is 460 g/mol. The lowest BCUT2D eigenvalue weighted by atomic mass is 9.93. The monoisotopic (exact) mass is 492 g/mol. The first-order valence-corrected chi connectivity index (χ1v) is 12.6. The quantitative estimate of drug-likeness (QED) is 0.558. The van der Waals surface area contributed by atoms with Gasteiger partial charge in [0.25, 0.3) is 5.91 Å². The fraction of sp³-hybridized carbons (Fsp3) is 0.357. The third-order valence-electron chi connectivity index (χ3n) is 6.45. The first-order valence-electron chi connectivity index (χ1n) is 11.7. The summed E-state index contributed by atoms with van der Waals surface area (Å²) < 4.78 is 11.6. The fourth-order valence-electron chi connectivity index (χ4n) is 4.54. The molecule has 35 heavy (non-hydrogen) atoms. The second kappa shape index (κ2) is 9.74. The van der Waals surface area contributed by atoms with Crippen molar-refractivity contribution in [2.75, 3.05) is 20.8 Å². The number of hydrogen-bond acceptors (Lipinski definition) is 6. The normalized spacial score (nSPS) is 17.2. The van der Waals surface area contributed by atoms with E-state index in [4.69, 9.17) is 9.47 Å². The molecule has 1 saturated heterocycles. The molecule has 0 spiro atoms. The number of esters is 1. The summed E-state index contributed by atoms with van der Waals surface area (Å²) in [6, 6.07) is 9.81. The van der Waals surface area contributed by atoms with Crippen LogP contribution in [0.4, 0.5) is 0 Å². The zero-order valence-electron chi connectivity index (χ0n) is 21.2. The summed E-state index contributed by atoms with van der Waals surface area (Å²) in [7, 11) is 3.44. The first kappa shape index (κ1) is 24.8. The number of benzene rings is 1. The molecular formula is C28H32N2O4S. The van der Waals surface area contributed by atoms with Gasteiger partial charge in [-0.2, -0.15) is 0 Å². The van der Waals surface area contributed by atoms with Gasteiger partial charge in [-0.05, 0) is 68.7 Å². The lowest BCUT2D eigenvalue weighted by Crippen LogP contribution is -2.50. The second-order valence-electron chi connectivity index (χ2n) is 9.36. The molecule has 0 radical (unpaired) electrons. The summed E-state index contributed by atoms with van der Waals surface area (Å²) in [4.78, 5) is 29.5. The van der Waals surface area contributed by atoms with Crippen LogP contribution >= 0.6 is 11.3 Å². The van der Waals surface area contributed by atoms with Gasteiger partial charge in [0.15, 0.2) is 0 Å². The van der Waals surface area contributed by atoms with Crippen molar-refractivity contribution in [1.82, 2.24) is 10.2 Å². The number of fused-ring (bicyclic) bond motifs is 2. The van der Waals surface area contributed by atoms with E-state index < -0.39 is 5.54 Å². The maximum absolute atomic E-state index is 13.3. The molecule has 0 saturated carbocycles. The number of likely N-dealkylation sites (N-methyl/N-ethyl adjacent to an activating group) is 1. The second-order valence-corrected chi connectivity index (χ2v) is 10.7. The van der Waals surface area contributed by atoms with E-state index >= 15 is 0 Å². The van der Waals surface area contributed by atoms with Gasteiger partial charge in [0.2, 0.25) is 0 Å². The van der Waals surface area contributed by atoms with Crippen LogP contribution in [0.2, 0.25) is 0 Å². The number of rotatable bonds is 6. The van der Waals surface area contributed by atoms with Crippen LogP contribution in [0, 0.1) is 6.92 Å². The Morgan fingerprint density at radius 1 is 1.20 bits per heavy atom. The Kier molecular flexibility index (Phi) is 6.90. The van der Waals surface area contributed by atoms with Crippen molar-refractivity contribution in [2.45, 2.75) is 46.1 Å². The highest BCUT2D eigenvalue weighted by Gasteiger charge is 2.38. The van der Waals surface area contributed by atoms with E-state index in [-0.39, 0.29) is 18.5 Å². The number of carbonyl (C=O) groups is 2. The summed E-state index contributed by atoms with van der Waals surface area (Å²) >= 11 is 1.41. The molecule has 2 heterocycles. The van der Waals surface area contributed by atoms with Crippen molar-refractivity contribution in [1.29, 1.82) is 0 Å². The molecule has 0 unspecified atom stereocenters. The molecule has 1 aromatic heterocycles. The van der Waals surface area contributed by atoms with Crippen LogP contribution in [0.25, 0.3) is 5.57 Å². The topological polar surface area (TPSA) is 67.9 Å². The number of thiophene rings is 1. The molecule has 1 aromatic carbocycles. The summed E-state index contributed by atoms with van der Waals surface area (Å²) in [6.07, 6.45) is 5.44. The van der Waals surface area contributed by atoms with Crippen molar-refractivity contribution in [2.24, 2.45) is 0 Å². The molecule has 4 rings (SSSR count). The van der Waals surface area contributed by atoms with E-state index in [0.29, 0.717) is 11.3 Å². The maximum atomic E-state index is 13.3. The minimum Gasteiger partial charge on any atom is -0.496 e. The van der Waals surface area contributed by atoms with Crippen LogP contribution in [0.5, 0.6) is 5.75 Å². The van der Waals surface area contributed by atoms with Gasteiger partial charge in [-0.3, -0.25) is 4.79 Å². The van der Waals surface area contributed by atoms with E-state index in [9.17, 15) is 9.59 Å². The van der Waals surface area contributed by atoms with Gasteiger partial charge in [-0.25, -0.2) is 4.79 Å². The largest absolute Gasteiger partial charge is 0.496 e. The summed E-state index contributed by atoms with van der Waals surface area (Å²) in [5, 5.41) is 3.40. The smallest absolute Gasteiger partial charge is 0.348 e. The lowest BCUT2D eigenvalue weighted by Gasteiger charge is -2.29. The van der Waals surface area contributed by atoms with Gasteiger partial charge in [-0.1, -0.05) is 19.1 Å². The van der Waals surface area contributed by atoms with Gasteiger partial charge in [0.05, 0.1) is 7.11 Å². The minimum absolute atomic E-state index is 0.0373. The van der Waals surface area contributed by atoms with E-state index in [1.807, 2.05) is 51.1 Å². The zero-order valence-corrected chi connectivity index (χ0v) is 22.0. The lowest BCUT2D eigenvalue weighted by molar-refractivity contribution is -0.133. The highest BCUT2D eigenvalue weighted by molar-refractivity contribution is 7.13. The van der Waals surface area contributed by atoms with Crippen molar-refractivity contribution in [3.8, 4) is 5.75 Å². The predicted octanol–water partition coefficient (Wildman–Crippen LogP) is 5.25. The molecule has 1 fully saturated rings. The van der Waals surface area contributed by atoms with Crippen LogP contribution in [-0.4, -0.2) is 43.1 Å². The molecule has 2 aromatic rings. The highest BCUT2D eigenvalue weighted by atomic mass is 32.1. The molecule has 0 atom stereocenters. The molecule has 1 aliphatic heterocycles. The van der Waals surface area contributed by atoms with Crippen LogP contribution in [0.1, 0.15) is 52.9 Å². The molecule has 1 amide bonds. The SMILES string of the molecule is CCc1ccc(OC)c(C2=CC=C3CC(=C2COC(=O)c2ccc(C)s2)N(C)C(=O)C(C)(C)N3)c1. The number of ether oxygens (including phenoxy) is 2. The number of nitrogens with one attached hydrogen (secondary N) is 1. The summed E-state index contributed by atoms with van der Waals surface area (Å²) in [6.45, 7) is 7.85. The van der Waals surface area contributed by atoms with Crippen molar-refractivity contribution in [3.63, 3.8) is 0 Å². The van der Waals surface area contributed by atoms with E-state index in [1.54, 1.807) is 25.1 Å². The van der Waals surface area contributed by atoms with Gasteiger partial charge in [0, 0.05) is 40.9 Å².